The Morgan fingerprint density at radius 3 is 2.74 bits per heavy atom. The van der Waals surface area contributed by atoms with Crippen molar-refractivity contribution in [2.24, 2.45) is 11.1 Å². The molecule has 1 amide bonds. The van der Waals surface area contributed by atoms with Crippen molar-refractivity contribution in [1.29, 1.82) is 0 Å². The van der Waals surface area contributed by atoms with Crippen LogP contribution in [0.1, 0.15) is 43.7 Å². The summed E-state index contributed by atoms with van der Waals surface area (Å²) in [6, 6.07) is 7.69. The van der Waals surface area contributed by atoms with Crippen LogP contribution < -0.4 is 11.1 Å². The van der Waals surface area contributed by atoms with Gasteiger partial charge in [-0.15, -0.1) is 0 Å². The van der Waals surface area contributed by atoms with E-state index in [0.29, 0.717) is 11.5 Å². The topological polar surface area (TPSA) is 55.1 Å². The minimum Gasteiger partial charge on any atom is -0.389 e. The first-order valence-corrected chi connectivity index (χ1v) is 7.09. The summed E-state index contributed by atoms with van der Waals surface area (Å²) in [5.41, 5.74) is 7.29. The highest BCUT2D eigenvalue weighted by atomic mass is 32.1. The Labute approximate surface area is 119 Å². The molecule has 2 rings (SSSR count). The number of rotatable bonds is 4. The molecule has 1 aliphatic rings. The highest BCUT2D eigenvalue weighted by Gasteiger charge is 2.35. The van der Waals surface area contributed by atoms with E-state index in [1.807, 2.05) is 24.3 Å². The molecule has 0 aromatic heterocycles. The fourth-order valence-electron chi connectivity index (χ4n) is 2.61. The average molecular weight is 276 g/mol. The first kappa shape index (κ1) is 14.0. The Morgan fingerprint density at radius 2 is 2.11 bits per heavy atom. The average Bonchev–Trinajstić information content (AvgIpc) is 2.84. The third-order valence-electron chi connectivity index (χ3n) is 3.92. The maximum absolute atomic E-state index is 12.2. The van der Waals surface area contributed by atoms with Gasteiger partial charge in [0.05, 0.1) is 0 Å². The molecule has 0 saturated heterocycles. The zero-order chi connectivity index (χ0) is 13.9. The van der Waals surface area contributed by atoms with Crippen LogP contribution in [-0.4, -0.2) is 10.9 Å². The molecule has 3 nitrogen and oxygen atoms in total. The molecule has 0 spiro atoms. The molecule has 0 radical (unpaired) electrons. The van der Waals surface area contributed by atoms with E-state index in [-0.39, 0.29) is 11.3 Å². The van der Waals surface area contributed by atoms with Gasteiger partial charge in [-0.3, -0.25) is 4.79 Å². The summed E-state index contributed by atoms with van der Waals surface area (Å²) in [5, 5.41) is 3.02. The van der Waals surface area contributed by atoms with E-state index in [0.717, 1.165) is 36.8 Å². The predicted octanol–water partition coefficient (Wildman–Crippen LogP) is 2.52. The third-order valence-corrected chi connectivity index (χ3v) is 4.16. The Kier molecular flexibility index (Phi) is 4.20. The minimum absolute atomic E-state index is 0.158. The Hall–Kier alpha value is -1.42. The van der Waals surface area contributed by atoms with Crippen LogP contribution in [0, 0.1) is 5.41 Å². The van der Waals surface area contributed by atoms with Crippen LogP contribution in [0.15, 0.2) is 24.3 Å². The molecule has 1 aliphatic carbocycles. The fourth-order valence-corrected chi connectivity index (χ4v) is 2.74. The normalized spacial score (nSPS) is 17.1. The van der Waals surface area contributed by atoms with Gasteiger partial charge in [0, 0.05) is 17.5 Å². The van der Waals surface area contributed by atoms with Crippen molar-refractivity contribution in [3.05, 3.63) is 35.4 Å². The highest BCUT2D eigenvalue weighted by molar-refractivity contribution is 7.80. The summed E-state index contributed by atoms with van der Waals surface area (Å²) < 4.78 is 0. The molecule has 0 heterocycles. The Balaban J connectivity index is 1.97. The van der Waals surface area contributed by atoms with E-state index >= 15 is 0 Å². The van der Waals surface area contributed by atoms with E-state index in [1.54, 1.807) is 0 Å². The van der Waals surface area contributed by atoms with E-state index in [9.17, 15) is 4.79 Å². The first-order valence-electron chi connectivity index (χ1n) is 6.68. The van der Waals surface area contributed by atoms with Gasteiger partial charge in [-0.2, -0.15) is 0 Å². The molecule has 0 aliphatic heterocycles. The molecule has 4 heteroatoms. The molecule has 0 unspecified atom stereocenters. The lowest BCUT2D eigenvalue weighted by molar-refractivity contribution is -0.130. The van der Waals surface area contributed by atoms with E-state index in [1.165, 1.54) is 0 Å². The zero-order valence-electron chi connectivity index (χ0n) is 11.2. The second-order valence-electron chi connectivity index (χ2n) is 5.52. The highest BCUT2D eigenvalue weighted by Crippen LogP contribution is 2.37. The fraction of sp³-hybridized carbons (Fsp3) is 0.467. The van der Waals surface area contributed by atoms with Crippen molar-refractivity contribution in [1.82, 2.24) is 5.32 Å². The van der Waals surface area contributed by atoms with Crippen molar-refractivity contribution < 1.29 is 4.79 Å². The molecule has 1 aromatic rings. The van der Waals surface area contributed by atoms with Gasteiger partial charge >= 0.3 is 0 Å². The molecule has 0 atom stereocenters. The van der Waals surface area contributed by atoms with Gasteiger partial charge in [0.1, 0.15) is 4.99 Å². The maximum Gasteiger partial charge on any atom is 0.226 e. The first-order chi connectivity index (χ1) is 9.01. The van der Waals surface area contributed by atoms with Crippen LogP contribution in [0.5, 0.6) is 0 Å². The van der Waals surface area contributed by atoms with E-state index in [2.05, 4.69) is 12.2 Å². The minimum atomic E-state index is -0.180. The van der Waals surface area contributed by atoms with Crippen LogP contribution in [0.3, 0.4) is 0 Å². The standard InChI is InChI=1S/C15H20N2OS/c1-15(7-2-3-8-15)14(18)17-10-11-5-4-6-12(9-11)13(16)19/h4-6,9H,2-3,7-8,10H2,1H3,(H2,16,19)(H,17,18). The van der Waals surface area contributed by atoms with Gasteiger partial charge in [0.15, 0.2) is 0 Å². The SMILES string of the molecule is CC1(C(=O)NCc2cccc(C(N)=S)c2)CCCC1. The number of hydrogen-bond acceptors (Lipinski definition) is 2. The van der Waals surface area contributed by atoms with Crippen LogP contribution in [0.25, 0.3) is 0 Å². The molecule has 1 fully saturated rings. The molecule has 102 valence electrons. The number of carbonyl (C=O) groups is 1. The van der Waals surface area contributed by atoms with Gasteiger partial charge in [-0.1, -0.05) is 50.2 Å². The molecular weight excluding hydrogens is 256 g/mol. The lowest BCUT2D eigenvalue weighted by Gasteiger charge is -2.22. The summed E-state index contributed by atoms with van der Waals surface area (Å²) in [6.45, 7) is 2.59. The largest absolute Gasteiger partial charge is 0.389 e. The molecular formula is C15H20N2OS. The second kappa shape index (κ2) is 5.70. The van der Waals surface area contributed by atoms with Gasteiger partial charge < -0.3 is 11.1 Å². The van der Waals surface area contributed by atoms with Crippen molar-refractivity contribution in [2.45, 2.75) is 39.2 Å². The Morgan fingerprint density at radius 1 is 1.42 bits per heavy atom. The zero-order valence-corrected chi connectivity index (χ0v) is 12.1. The summed E-state index contributed by atoms with van der Waals surface area (Å²) >= 11 is 4.95. The summed E-state index contributed by atoms with van der Waals surface area (Å²) in [6.07, 6.45) is 4.29. The predicted molar refractivity (Wildman–Crippen MR) is 80.8 cm³/mol. The van der Waals surface area contributed by atoms with Crippen LogP contribution in [0.4, 0.5) is 0 Å². The smallest absolute Gasteiger partial charge is 0.226 e. The summed E-state index contributed by atoms with van der Waals surface area (Å²) in [7, 11) is 0. The number of hydrogen-bond donors (Lipinski definition) is 2. The monoisotopic (exact) mass is 276 g/mol. The summed E-state index contributed by atoms with van der Waals surface area (Å²) in [4.78, 5) is 12.6. The van der Waals surface area contributed by atoms with Gasteiger partial charge in [-0.05, 0) is 24.5 Å². The second-order valence-corrected chi connectivity index (χ2v) is 5.95. The van der Waals surface area contributed by atoms with Crippen LogP contribution >= 0.6 is 12.2 Å². The lowest BCUT2D eigenvalue weighted by atomic mass is 9.88. The van der Waals surface area contributed by atoms with Crippen LogP contribution in [-0.2, 0) is 11.3 Å². The van der Waals surface area contributed by atoms with Crippen molar-refractivity contribution in [2.75, 3.05) is 0 Å². The van der Waals surface area contributed by atoms with Crippen molar-refractivity contribution in [3.63, 3.8) is 0 Å². The van der Waals surface area contributed by atoms with Crippen molar-refractivity contribution >= 4 is 23.1 Å². The molecule has 19 heavy (non-hydrogen) atoms. The number of amides is 1. The number of thiocarbonyl (C=S) groups is 1. The van der Waals surface area contributed by atoms with E-state index < -0.39 is 0 Å². The van der Waals surface area contributed by atoms with E-state index in [4.69, 9.17) is 18.0 Å². The quantitative estimate of drug-likeness (QED) is 0.831. The van der Waals surface area contributed by atoms with Gasteiger partial charge in [0.2, 0.25) is 5.91 Å². The number of nitrogens with two attached hydrogens (primary N) is 1. The van der Waals surface area contributed by atoms with Gasteiger partial charge in [-0.25, -0.2) is 0 Å². The molecule has 3 N–H and O–H groups in total. The lowest BCUT2D eigenvalue weighted by Crippen LogP contribution is -2.36. The van der Waals surface area contributed by atoms with Crippen LogP contribution in [0.2, 0.25) is 0 Å². The summed E-state index contributed by atoms with van der Waals surface area (Å²) in [5.74, 6) is 0.158. The molecule has 1 saturated carbocycles. The molecule has 1 aromatic carbocycles. The van der Waals surface area contributed by atoms with Gasteiger partial charge in [0.25, 0.3) is 0 Å². The number of carbonyl (C=O) groups excluding carboxylic acids is 1. The number of nitrogens with one attached hydrogen (secondary N) is 1. The van der Waals surface area contributed by atoms with Crippen molar-refractivity contribution in [3.8, 4) is 0 Å². The Bertz CT molecular complexity index is 493. The maximum atomic E-state index is 12.2. The molecule has 0 bridgehead atoms. The third kappa shape index (κ3) is 3.32. The number of benzene rings is 1.